The Labute approximate surface area is 153 Å². The number of nitro groups is 1. The molecule has 0 aliphatic heterocycles. The van der Waals surface area contributed by atoms with Gasteiger partial charge in [-0.15, -0.1) is 0 Å². The molecule has 27 heavy (non-hydrogen) atoms. The quantitative estimate of drug-likeness (QED) is 0.292. The van der Waals surface area contributed by atoms with Gasteiger partial charge in [-0.05, 0) is 30.7 Å². The first-order valence-corrected chi connectivity index (χ1v) is 8.23. The molecule has 0 saturated heterocycles. The molecule has 0 bridgehead atoms. The number of fused-ring (bicyclic) bond motifs is 1. The molecule has 3 rings (SSSR count). The molecule has 1 N–H and O–H groups in total. The predicted molar refractivity (Wildman–Crippen MR) is 97.6 cm³/mol. The van der Waals surface area contributed by atoms with E-state index in [0.717, 1.165) is 5.75 Å². The smallest absolute Gasteiger partial charge is 0.419 e. The number of hydrogen-bond donors (Lipinski definition) is 1. The molecule has 0 atom stereocenters. The number of aryl methyl sites for hydroxylation is 1. The molecule has 0 aliphatic rings. The van der Waals surface area contributed by atoms with Crippen molar-refractivity contribution in [2.75, 3.05) is 13.2 Å². The molecule has 1 aromatic heterocycles. The van der Waals surface area contributed by atoms with Gasteiger partial charge < -0.3 is 19.0 Å². The number of rotatable bonds is 7. The molecule has 8 heteroatoms. The van der Waals surface area contributed by atoms with Crippen molar-refractivity contribution in [1.29, 1.82) is 0 Å². The molecule has 1 heterocycles. The first-order chi connectivity index (χ1) is 13.0. The Hall–Kier alpha value is -3.55. The van der Waals surface area contributed by atoms with Crippen LogP contribution in [0.3, 0.4) is 0 Å². The lowest BCUT2D eigenvalue weighted by Crippen LogP contribution is -2.08. The second-order valence-corrected chi connectivity index (χ2v) is 5.82. The number of nitrogens with zero attached hydrogens (tertiary/aromatic N) is 1. The Morgan fingerprint density at radius 2 is 1.78 bits per heavy atom. The average Bonchev–Trinajstić information content (AvgIpc) is 2.61. The van der Waals surface area contributed by atoms with E-state index in [1.807, 2.05) is 30.3 Å². The fourth-order valence-electron chi connectivity index (χ4n) is 2.67. The third-order valence-electron chi connectivity index (χ3n) is 3.88. The first-order valence-electron chi connectivity index (χ1n) is 8.23. The molecule has 0 fully saturated rings. The molecule has 0 amide bonds. The van der Waals surface area contributed by atoms with Crippen LogP contribution in [0, 0.1) is 17.0 Å². The first kappa shape index (κ1) is 18.2. The molecule has 0 radical (unpaired) electrons. The highest BCUT2D eigenvalue weighted by molar-refractivity contribution is 5.90. The van der Waals surface area contributed by atoms with E-state index in [2.05, 4.69) is 0 Å². The Morgan fingerprint density at radius 3 is 2.44 bits per heavy atom. The van der Waals surface area contributed by atoms with Crippen LogP contribution in [0.5, 0.6) is 17.2 Å². The normalized spacial score (nSPS) is 10.7. The topological polar surface area (TPSA) is 112 Å². The lowest BCUT2D eigenvalue weighted by atomic mass is 10.1. The summed E-state index contributed by atoms with van der Waals surface area (Å²) < 4.78 is 16.2. The maximum Gasteiger partial charge on any atom is 0.419 e. The second kappa shape index (κ2) is 7.77. The number of para-hydroxylation sites is 1. The van der Waals surface area contributed by atoms with Gasteiger partial charge in [-0.3, -0.25) is 10.1 Å². The van der Waals surface area contributed by atoms with E-state index in [-0.39, 0.29) is 11.0 Å². The largest absolute Gasteiger partial charge is 0.501 e. The van der Waals surface area contributed by atoms with Crippen molar-refractivity contribution in [2.45, 2.75) is 13.3 Å². The van der Waals surface area contributed by atoms with Crippen LogP contribution in [0.2, 0.25) is 0 Å². The Balaban J connectivity index is 1.70. The van der Waals surface area contributed by atoms with Crippen molar-refractivity contribution in [3.8, 4) is 17.2 Å². The van der Waals surface area contributed by atoms with Gasteiger partial charge in [0.05, 0.1) is 23.5 Å². The van der Waals surface area contributed by atoms with E-state index in [4.69, 9.17) is 13.9 Å². The summed E-state index contributed by atoms with van der Waals surface area (Å²) in [6.07, 6.45) is 0.626. The number of benzene rings is 2. The fraction of sp³-hybridized carbons (Fsp3) is 0.211. The molecular formula is C19H17NO7. The molecule has 8 nitrogen and oxygen atoms in total. The minimum Gasteiger partial charge on any atom is -0.501 e. The van der Waals surface area contributed by atoms with Crippen LogP contribution in [0.15, 0.2) is 51.7 Å². The Morgan fingerprint density at radius 1 is 1.11 bits per heavy atom. The summed E-state index contributed by atoms with van der Waals surface area (Å²) in [5, 5.41) is 21.1. The van der Waals surface area contributed by atoms with Gasteiger partial charge in [0.25, 0.3) is 0 Å². The van der Waals surface area contributed by atoms with Crippen molar-refractivity contribution in [3.63, 3.8) is 0 Å². The lowest BCUT2D eigenvalue weighted by Gasteiger charge is -2.10. The summed E-state index contributed by atoms with van der Waals surface area (Å²) in [4.78, 5) is 21.7. The maximum absolute atomic E-state index is 11.7. The van der Waals surface area contributed by atoms with Crippen LogP contribution in [0.1, 0.15) is 12.0 Å². The van der Waals surface area contributed by atoms with Crippen LogP contribution < -0.4 is 15.1 Å². The molecule has 0 aliphatic carbocycles. The van der Waals surface area contributed by atoms with Gasteiger partial charge >= 0.3 is 11.3 Å². The molecule has 0 unspecified atom stereocenters. The average molecular weight is 371 g/mol. The molecule has 140 valence electrons. The van der Waals surface area contributed by atoms with Crippen molar-refractivity contribution >= 4 is 16.7 Å². The molecule has 0 saturated carbocycles. The molecule has 0 spiro atoms. The standard InChI is InChI=1S/C19H17NO7/c1-12-10-14(26-9-5-8-25-13-6-3-2-4-7-13)11-15-16(12)18(21)17(20(23)24)19(22)27-15/h2-4,6-7,10-11,21H,5,8-9H2,1H3. The van der Waals surface area contributed by atoms with Crippen LogP contribution in [-0.2, 0) is 0 Å². The van der Waals surface area contributed by atoms with E-state index in [1.165, 1.54) is 6.07 Å². The third kappa shape index (κ3) is 4.00. The number of hydrogen-bond acceptors (Lipinski definition) is 7. The molecule has 2 aromatic carbocycles. The maximum atomic E-state index is 11.7. The summed E-state index contributed by atoms with van der Waals surface area (Å²) in [5.74, 6) is 0.501. The van der Waals surface area contributed by atoms with Gasteiger partial charge in [-0.25, -0.2) is 4.79 Å². The highest BCUT2D eigenvalue weighted by Gasteiger charge is 2.25. The van der Waals surface area contributed by atoms with Crippen LogP contribution in [-0.4, -0.2) is 23.2 Å². The zero-order valence-corrected chi connectivity index (χ0v) is 14.5. The highest BCUT2D eigenvalue weighted by Crippen LogP contribution is 2.35. The fourth-order valence-corrected chi connectivity index (χ4v) is 2.67. The third-order valence-corrected chi connectivity index (χ3v) is 3.88. The number of ether oxygens (including phenoxy) is 2. The lowest BCUT2D eigenvalue weighted by molar-refractivity contribution is -0.388. The van der Waals surface area contributed by atoms with Crippen molar-refractivity contribution in [3.05, 3.63) is 68.6 Å². The molecule has 3 aromatic rings. The van der Waals surface area contributed by atoms with Crippen LogP contribution >= 0.6 is 0 Å². The van der Waals surface area contributed by atoms with E-state index in [0.29, 0.717) is 30.9 Å². The van der Waals surface area contributed by atoms with Crippen LogP contribution in [0.25, 0.3) is 11.0 Å². The summed E-state index contributed by atoms with van der Waals surface area (Å²) >= 11 is 0. The van der Waals surface area contributed by atoms with Crippen LogP contribution in [0.4, 0.5) is 5.69 Å². The minimum atomic E-state index is -1.21. The monoisotopic (exact) mass is 371 g/mol. The van der Waals surface area contributed by atoms with E-state index in [1.54, 1.807) is 13.0 Å². The predicted octanol–water partition coefficient (Wildman–Crippen LogP) is 3.56. The van der Waals surface area contributed by atoms with Gasteiger partial charge in [-0.1, -0.05) is 18.2 Å². The zero-order valence-electron chi connectivity index (χ0n) is 14.5. The minimum absolute atomic E-state index is 0.0265. The van der Waals surface area contributed by atoms with Crippen molar-refractivity contribution in [1.82, 2.24) is 0 Å². The molecular weight excluding hydrogens is 354 g/mol. The summed E-state index contributed by atoms with van der Waals surface area (Å²) in [7, 11) is 0. The van der Waals surface area contributed by atoms with Gasteiger partial charge in [0.2, 0.25) is 5.75 Å². The number of aromatic hydroxyl groups is 1. The van der Waals surface area contributed by atoms with E-state index >= 15 is 0 Å². The van der Waals surface area contributed by atoms with E-state index in [9.17, 15) is 20.0 Å². The summed E-state index contributed by atoms with van der Waals surface area (Å²) in [6.45, 7) is 2.47. The van der Waals surface area contributed by atoms with E-state index < -0.39 is 22.0 Å². The zero-order chi connectivity index (χ0) is 19.4. The van der Waals surface area contributed by atoms with Gasteiger partial charge in [0.1, 0.15) is 17.1 Å². The van der Waals surface area contributed by atoms with Gasteiger partial charge in [-0.2, -0.15) is 0 Å². The highest BCUT2D eigenvalue weighted by atomic mass is 16.6. The Bertz CT molecular complexity index is 1030. The summed E-state index contributed by atoms with van der Waals surface area (Å²) in [5.41, 5.74) is -1.67. The van der Waals surface area contributed by atoms with Gasteiger partial charge in [0, 0.05) is 12.5 Å². The van der Waals surface area contributed by atoms with Crippen molar-refractivity contribution in [2.24, 2.45) is 0 Å². The Kier molecular flexibility index (Phi) is 5.25. The second-order valence-electron chi connectivity index (χ2n) is 5.82. The van der Waals surface area contributed by atoms with Gasteiger partial charge in [0.15, 0.2) is 0 Å². The summed E-state index contributed by atoms with van der Waals surface area (Å²) in [6, 6.07) is 12.4. The van der Waals surface area contributed by atoms with Crippen molar-refractivity contribution < 1.29 is 23.9 Å². The SMILES string of the molecule is Cc1cc(OCCCOc2ccccc2)cc2oc(=O)c([N+](=O)[O-])c(O)c12.